The first kappa shape index (κ1) is 14.4. The van der Waals surface area contributed by atoms with Gasteiger partial charge in [-0.1, -0.05) is 25.0 Å². The van der Waals surface area contributed by atoms with Crippen molar-refractivity contribution in [3.8, 4) is 0 Å². The number of ketones is 1. The average molecular weight is 313 g/mol. The van der Waals surface area contributed by atoms with Gasteiger partial charge in [-0.3, -0.25) is 4.79 Å². The van der Waals surface area contributed by atoms with Crippen LogP contribution in [0.2, 0.25) is 0 Å². The van der Waals surface area contributed by atoms with Gasteiger partial charge in [0.1, 0.15) is 5.78 Å². The molecule has 0 aromatic carbocycles. The highest BCUT2D eigenvalue weighted by molar-refractivity contribution is 5.91. The molecule has 5 rings (SSSR count). The van der Waals surface area contributed by atoms with Gasteiger partial charge in [-0.25, -0.2) is 0 Å². The van der Waals surface area contributed by atoms with Crippen LogP contribution in [0.3, 0.4) is 0 Å². The van der Waals surface area contributed by atoms with Gasteiger partial charge in [0.05, 0.1) is 11.0 Å². The normalized spacial score (nSPS) is 45.7. The van der Waals surface area contributed by atoms with Crippen LogP contribution in [0.25, 0.3) is 0 Å². The summed E-state index contributed by atoms with van der Waals surface area (Å²) in [5.74, 6) is 1.60. The standard InChI is InChI=1S/C20H27NO2/c22-18-5-1-3-15-17-11-16-14(20(15,18)9-10-21-17)4-2-8-19(16,23)12-13-6-7-13/h2,4,13,15,17,21,23H,1,3,5-12H2/t15-,17+,19?,20+/m0/s1. The zero-order chi connectivity index (χ0) is 15.7. The molecule has 0 aromatic heterocycles. The minimum absolute atomic E-state index is 0.282. The Morgan fingerprint density at radius 3 is 3.00 bits per heavy atom. The fraction of sp³-hybridized carbons (Fsp3) is 0.750. The van der Waals surface area contributed by atoms with Crippen molar-refractivity contribution < 1.29 is 9.90 Å². The van der Waals surface area contributed by atoms with Crippen LogP contribution in [0.15, 0.2) is 23.3 Å². The van der Waals surface area contributed by atoms with Gasteiger partial charge < -0.3 is 10.4 Å². The van der Waals surface area contributed by atoms with E-state index in [9.17, 15) is 9.90 Å². The lowest BCUT2D eigenvalue weighted by Gasteiger charge is -2.57. The monoisotopic (exact) mass is 313 g/mol. The third-order valence-corrected chi connectivity index (χ3v) is 7.32. The Bertz CT molecular complexity index is 617. The maximum absolute atomic E-state index is 13.1. The number of allylic oxidation sites excluding steroid dienone is 2. The highest BCUT2D eigenvalue weighted by atomic mass is 16.3. The zero-order valence-corrected chi connectivity index (χ0v) is 13.8. The molecular weight excluding hydrogens is 286 g/mol. The molecule has 5 aliphatic rings. The van der Waals surface area contributed by atoms with E-state index in [-0.39, 0.29) is 5.41 Å². The second-order valence-electron chi connectivity index (χ2n) is 8.59. The van der Waals surface area contributed by atoms with Gasteiger partial charge in [0.15, 0.2) is 0 Å². The molecule has 1 unspecified atom stereocenters. The molecule has 0 aromatic rings. The summed E-state index contributed by atoms with van der Waals surface area (Å²) in [5, 5.41) is 15.1. The smallest absolute Gasteiger partial charge is 0.143 e. The molecule has 2 N–H and O–H groups in total. The van der Waals surface area contributed by atoms with Gasteiger partial charge in [0.25, 0.3) is 0 Å². The van der Waals surface area contributed by atoms with Gasteiger partial charge in [-0.2, -0.15) is 0 Å². The van der Waals surface area contributed by atoms with Crippen LogP contribution in [0, 0.1) is 17.3 Å². The number of hydrogen-bond donors (Lipinski definition) is 2. The fourth-order valence-corrected chi connectivity index (χ4v) is 6.11. The van der Waals surface area contributed by atoms with Crippen LogP contribution in [0.5, 0.6) is 0 Å². The Morgan fingerprint density at radius 1 is 1.30 bits per heavy atom. The molecular formula is C20H27NO2. The van der Waals surface area contributed by atoms with E-state index in [1.54, 1.807) is 0 Å². The van der Waals surface area contributed by atoms with Crippen LogP contribution in [-0.4, -0.2) is 29.1 Å². The zero-order valence-electron chi connectivity index (χ0n) is 13.8. The molecule has 124 valence electrons. The van der Waals surface area contributed by atoms with Crippen LogP contribution in [0.1, 0.15) is 57.8 Å². The first-order chi connectivity index (χ1) is 11.1. The van der Waals surface area contributed by atoms with E-state index in [1.165, 1.54) is 24.0 Å². The van der Waals surface area contributed by atoms with Crippen molar-refractivity contribution in [2.24, 2.45) is 17.3 Å². The van der Waals surface area contributed by atoms with Crippen LogP contribution >= 0.6 is 0 Å². The Labute approximate surface area is 138 Å². The molecule has 1 aliphatic heterocycles. The number of carbonyl (C=O) groups excluding carboxylic acids is 1. The van der Waals surface area contributed by atoms with E-state index in [0.717, 1.165) is 51.5 Å². The van der Waals surface area contributed by atoms with Gasteiger partial charge in [-0.05, 0) is 68.1 Å². The summed E-state index contributed by atoms with van der Waals surface area (Å²) in [6.45, 7) is 0.943. The summed E-state index contributed by atoms with van der Waals surface area (Å²) in [4.78, 5) is 13.1. The highest BCUT2D eigenvalue weighted by Crippen LogP contribution is 2.59. The Kier molecular flexibility index (Phi) is 3.01. The molecule has 3 fully saturated rings. The van der Waals surface area contributed by atoms with Crippen molar-refractivity contribution in [2.45, 2.75) is 69.4 Å². The third kappa shape index (κ3) is 1.93. The van der Waals surface area contributed by atoms with Gasteiger partial charge in [0, 0.05) is 12.5 Å². The summed E-state index contributed by atoms with van der Waals surface area (Å²) in [5.41, 5.74) is 1.49. The third-order valence-electron chi connectivity index (χ3n) is 7.32. The number of nitrogens with one attached hydrogen (secondary N) is 1. The Balaban J connectivity index is 1.65. The molecule has 1 saturated heterocycles. The molecule has 2 bridgehead atoms. The lowest BCUT2D eigenvalue weighted by atomic mass is 9.50. The maximum atomic E-state index is 13.1. The van der Waals surface area contributed by atoms with Crippen LogP contribution in [-0.2, 0) is 4.79 Å². The summed E-state index contributed by atoms with van der Waals surface area (Å²) in [7, 11) is 0. The minimum atomic E-state index is -0.682. The molecule has 1 heterocycles. The predicted octanol–water partition coefficient (Wildman–Crippen LogP) is 2.90. The fourth-order valence-electron chi connectivity index (χ4n) is 6.11. The molecule has 0 radical (unpaired) electrons. The molecule has 0 spiro atoms. The maximum Gasteiger partial charge on any atom is 0.143 e. The van der Waals surface area contributed by atoms with Crippen molar-refractivity contribution in [2.75, 3.05) is 6.54 Å². The molecule has 4 aliphatic carbocycles. The van der Waals surface area contributed by atoms with Gasteiger partial charge >= 0.3 is 0 Å². The number of hydrogen-bond acceptors (Lipinski definition) is 3. The predicted molar refractivity (Wildman–Crippen MR) is 88.9 cm³/mol. The largest absolute Gasteiger partial charge is 0.385 e. The molecule has 4 atom stereocenters. The van der Waals surface area contributed by atoms with E-state index in [0.29, 0.717) is 23.7 Å². The second-order valence-corrected chi connectivity index (χ2v) is 8.59. The number of aliphatic hydroxyl groups is 1. The van der Waals surface area contributed by atoms with Crippen LogP contribution < -0.4 is 5.32 Å². The van der Waals surface area contributed by atoms with E-state index >= 15 is 0 Å². The average Bonchev–Trinajstić information content (AvgIpc) is 3.32. The first-order valence-electron chi connectivity index (χ1n) is 9.53. The van der Waals surface area contributed by atoms with Crippen molar-refractivity contribution >= 4 is 5.78 Å². The highest BCUT2D eigenvalue weighted by Gasteiger charge is 2.59. The second kappa shape index (κ2) is 4.80. The summed E-state index contributed by atoms with van der Waals surface area (Å²) >= 11 is 0. The van der Waals surface area contributed by atoms with E-state index in [2.05, 4.69) is 17.5 Å². The van der Waals surface area contributed by atoms with E-state index in [1.807, 2.05) is 0 Å². The number of piperidine rings is 1. The van der Waals surface area contributed by atoms with Crippen molar-refractivity contribution in [3.63, 3.8) is 0 Å². The molecule has 23 heavy (non-hydrogen) atoms. The van der Waals surface area contributed by atoms with Crippen molar-refractivity contribution in [3.05, 3.63) is 23.3 Å². The number of rotatable bonds is 2. The first-order valence-corrected chi connectivity index (χ1v) is 9.53. The summed E-state index contributed by atoms with van der Waals surface area (Å²) in [6.07, 6.45) is 13.4. The lowest BCUT2D eigenvalue weighted by Crippen LogP contribution is -2.62. The number of carbonyl (C=O) groups is 1. The molecule has 0 amide bonds. The summed E-state index contributed by atoms with van der Waals surface area (Å²) in [6, 6.07) is 0.393. The van der Waals surface area contributed by atoms with Crippen molar-refractivity contribution in [1.29, 1.82) is 0 Å². The van der Waals surface area contributed by atoms with Gasteiger partial charge in [0.2, 0.25) is 0 Å². The summed E-state index contributed by atoms with van der Waals surface area (Å²) < 4.78 is 0. The molecule has 3 nitrogen and oxygen atoms in total. The molecule has 2 saturated carbocycles. The van der Waals surface area contributed by atoms with E-state index < -0.39 is 5.60 Å². The van der Waals surface area contributed by atoms with Gasteiger partial charge in [-0.15, -0.1) is 0 Å². The minimum Gasteiger partial charge on any atom is -0.385 e. The SMILES string of the molecule is O=C1CCC[C@H]2[C@H]3CC4=C(C=CCC4(O)CC4CC4)[C@@]12CCN3. The topological polar surface area (TPSA) is 49.3 Å². The quantitative estimate of drug-likeness (QED) is 0.824. The molecule has 3 heteroatoms. The Morgan fingerprint density at radius 2 is 2.17 bits per heavy atom. The lowest BCUT2D eigenvalue weighted by molar-refractivity contribution is -0.136. The van der Waals surface area contributed by atoms with Crippen LogP contribution in [0.4, 0.5) is 0 Å². The van der Waals surface area contributed by atoms with Crippen molar-refractivity contribution in [1.82, 2.24) is 5.32 Å². The Hall–Kier alpha value is -0.930. The number of Topliss-reactive ketones (excluding diaryl/α,β-unsaturated/α-hetero) is 1. The van der Waals surface area contributed by atoms with E-state index in [4.69, 9.17) is 0 Å².